The molecule has 2 N–H and O–H groups in total. The number of carbonyl (C=O) groups is 3. The van der Waals surface area contributed by atoms with Crippen molar-refractivity contribution < 1.29 is 24.2 Å². The van der Waals surface area contributed by atoms with E-state index < -0.39 is 18.1 Å². The molecule has 1 atom stereocenters. The first-order valence-corrected chi connectivity index (χ1v) is 11.5. The van der Waals surface area contributed by atoms with Gasteiger partial charge in [-0.05, 0) is 46.4 Å². The molecule has 0 spiro atoms. The van der Waals surface area contributed by atoms with Gasteiger partial charge in [0.2, 0.25) is 5.91 Å². The summed E-state index contributed by atoms with van der Waals surface area (Å²) in [6, 6.07) is 21.4. The highest BCUT2D eigenvalue weighted by Crippen LogP contribution is 2.44. The fourth-order valence-corrected chi connectivity index (χ4v) is 4.46. The van der Waals surface area contributed by atoms with Crippen LogP contribution >= 0.6 is 0 Å². The molecule has 180 valence electrons. The molecule has 0 saturated heterocycles. The van der Waals surface area contributed by atoms with Gasteiger partial charge in [0, 0.05) is 18.7 Å². The third-order valence-electron chi connectivity index (χ3n) is 6.36. The molecular weight excluding hydrogens is 444 g/mol. The van der Waals surface area contributed by atoms with Gasteiger partial charge in [-0.1, -0.05) is 68.4 Å². The summed E-state index contributed by atoms with van der Waals surface area (Å²) >= 11 is 0. The molecule has 0 aromatic heterocycles. The van der Waals surface area contributed by atoms with Crippen molar-refractivity contribution in [2.24, 2.45) is 5.92 Å². The smallest absolute Gasteiger partial charge is 0.407 e. The number of ether oxygens (including phenoxy) is 1. The average molecular weight is 473 g/mol. The molecule has 7 nitrogen and oxygen atoms in total. The van der Waals surface area contributed by atoms with Gasteiger partial charge >= 0.3 is 12.1 Å². The lowest BCUT2D eigenvalue weighted by atomic mass is 9.98. The molecule has 2 amide bonds. The summed E-state index contributed by atoms with van der Waals surface area (Å²) in [6.07, 6.45) is -0.674. The van der Waals surface area contributed by atoms with E-state index in [1.54, 1.807) is 19.2 Å². The summed E-state index contributed by atoms with van der Waals surface area (Å²) in [5, 5.41) is 11.9. The molecule has 0 heterocycles. The van der Waals surface area contributed by atoms with Crippen LogP contribution in [0.15, 0.2) is 72.8 Å². The molecule has 0 bridgehead atoms. The molecule has 35 heavy (non-hydrogen) atoms. The number of rotatable bonds is 7. The summed E-state index contributed by atoms with van der Waals surface area (Å²) < 4.78 is 5.61. The Morgan fingerprint density at radius 3 is 2.11 bits per heavy atom. The first kappa shape index (κ1) is 24.0. The highest BCUT2D eigenvalue weighted by molar-refractivity contribution is 5.99. The number of likely N-dealkylation sites (N-methyl/N-ethyl adjacent to an activating group) is 1. The van der Waals surface area contributed by atoms with E-state index in [1.165, 1.54) is 17.0 Å². The maximum absolute atomic E-state index is 13.2. The van der Waals surface area contributed by atoms with Crippen LogP contribution in [0.3, 0.4) is 0 Å². The van der Waals surface area contributed by atoms with Gasteiger partial charge in [0.1, 0.15) is 12.6 Å². The molecule has 0 aliphatic heterocycles. The quantitative estimate of drug-likeness (QED) is 0.509. The van der Waals surface area contributed by atoms with Crippen molar-refractivity contribution in [1.82, 2.24) is 5.32 Å². The van der Waals surface area contributed by atoms with Gasteiger partial charge in [-0.2, -0.15) is 0 Å². The third kappa shape index (κ3) is 4.89. The van der Waals surface area contributed by atoms with E-state index in [0.717, 1.165) is 22.3 Å². The van der Waals surface area contributed by atoms with Crippen molar-refractivity contribution in [1.29, 1.82) is 0 Å². The highest BCUT2D eigenvalue weighted by Gasteiger charge is 2.31. The largest absolute Gasteiger partial charge is 0.478 e. The van der Waals surface area contributed by atoms with Gasteiger partial charge < -0.3 is 20.1 Å². The number of anilines is 1. The number of fused-ring (bicyclic) bond motifs is 3. The lowest BCUT2D eigenvalue weighted by Crippen LogP contribution is -2.50. The SMILES string of the molecule is CC(C)C(NC(=O)OCC1c2ccccc2-c2ccccc21)C(=O)N(C)c1cccc(C(=O)O)c1. The van der Waals surface area contributed by atoms with E-state index in [4.69, 9.17) is 4.74 Å². The molecule has 7 heteroatoms. The van der Waals surface area contributed by atoms with E-state index in [1.807, 2.05) is 50.2 Å². The molecule has 1 unspecified atom stereocenters. The van der Waals surface area contributed by atoms with Crippen LogP contribution in [0, 0.1) is 5.92 Å². The van der Waals surface area contributed by atoms with Crippen LogP contribution in [0.2, 0.25) is 0 Å². The minimum absolute atomic E-state index is 0.0766. The van der Waals surface area contributed by atoms with Gasteiger partial charge in [0.15, 0.2) is 0 Å². The Labute approximate surface area is 204 Å². The first-order valence-electron chi connectivity index (χ1n) is 11.5. The predicted octanol–water partition coefficient (Wildman–Crippen LogP) is 4.91. The Kier molecular flexibility index (Phi) is 6.87. The normalized spacial score (nSPS) is 13.0. The average Bonchev–Trinajstić information content (AvgIpc) is 3.18. The fourth-order valence-electron chi connectivity index (χ4n) is 4.46. The second kappa shape index (κ2) is 10.0. The van der Waals surface area contributed by atoms with Gasteiger partial charge in [-0.15, -0.1) is 0 Å². The summed E-state index contributed by atoms with van der Waals surface area (Å²) in [4.78, 5) is 38.6. The lowest BCUT2D eigenvalue weighted by molar-refractivity contribution is -0.121. The zero-order valence-electron chi connectivity index (χ0n) is 19.9. The standard InChI is InChI=1S/C28H28N2O5/c1-17(2)25(26(31)30(3)19-10-8-9-18(15-19)27(32)33)29-28(34)35-16-24-22-13-6-4-11-20(22)21-12-5-7-14-23(21)24/h4-15,17,24-25H,16H2,1-3H3,(H,29,34)(H,32,33). The van der Waals surface area contributed by atoms with Crippen LogP contribution < -0.4 is 10.2 Å². The number of carbonyl (C=O) groups excluding carboxylic acids is 2. The van der Waals surface area contributed by atoms with E-state index in [2.05, 4.69) is 17.4 Å². The van der Waals surface area contributed by atoms with Crippen LogP contribution in [-0.4, -0.2) is 42.8 Å². The molecule has 0 radical (unpaired) electrons. The Morgan fingerprint density at radius 2 is 1.54 bits per heavy atom. The second-order valence-electron chi connectivity index (χ2n) is 8.94. The van der Waals surface area contributed by atoms with Crippen molar-refractivity contribution in [3.8, 4) is 11.1 Å². The van der Waals surface area contributed by atoms with Crippen LogP contribution in [-0.2, 0) is 9.53 Å². The number of nitrogens with one attached hydrogen (secondary N) is 1. The third-order valence-corrected chi connectivity index (χ3v) is 6.36. The molecule has 4 rings (SSSR count). The summed E-state index contributed by atoms with van der Waals surface area (Å²) in [5.41, 5.74) is 4.99. The first-order chi connectivity index (χ1) is 16.8. The minimum atomic E-state index is -1.08. The maximum Gasteiger partial charge on any atom is 0.407 e. The zero-order valence-corrected chi connectivity index (χ0v) is 19.9. The van der Waals surface area contributed by atoms with Crippen molar-refractivity contribution in [2.75, 3.05) is 18.6 Å². The lowest BCUT2D eigenvalue weighted by Gasteiger charge is -2.27. The molecule has 3 aromatic rings. The Morgan fingerprint density at radius 1 is 0.943 bits per heavy atom. The predicted molar refractivity (Wildman–Crippen MR) is 134 cm³/mol. The van der Waals surface area contributed by atoms with Crippen LogP contribution in [0.4, 0.5) is 10.5 Å². The topological polar surface area (TPSA) is 95.9 Å². The number of aromatic carboxylic acids is 1. The van der Waals surface area contributed by atoms with Gasteiger partial charge in [-0.25, -0.2) is 9.59 Å². The van der Waals surface area contributed by atoms with Crippen LogP contribution in [0.1, 0.15) is 41.3 Å². The molecule has 1 aliphatic carbocycles. The van der Waals surface area contributed by atoms with Crippen molar-refractivity contribution in [2.45, 2.75) is 25.8 Å². The Bertz CT molecular complexity index is 1220. The van der Waals surface area contributed by atoms with E-state index in [9.17, 15) is 19.5 Å². The second-order valence-corrected chi connectivity index (χ2v) is 8.94. The number of nitrogens with zero attached hydrogens (tertiary/aromatic N) is 1. The van der Waals surface area contributed by atoms with Gasteiger partial charge in [-0.3, -0.25) is 4.79 Å². The highest BCUT2D eigenvalue weighted by atomic mass is 16.5. The van der Waals surface area contributed by atoms with E-state index in [-0.39, 0.29) is 29.9 Å². The van der Waals surface area contributed by atoms with Crippen molar-refractivity contribution in [3.05, 3.63) is 89.5 Å². The number of carboxylic acid groups (broad SMARTS) is 1. The molecular formula is C28H28N2O5. The van der Waals surface area contributed by atoms with Crippen LogP contribution in [0.5, 0.6) is 0 Å². The maximum atomic E-state index is 13.2. The summed E-state index contributed by atoms with van der Waals surface area (Å²) in [6.45, 7) is 3.80. The molecule has 3 aromatic carbocycles. The number of amides is 2. The molecule has 0 fully saturated rings. The molecule has 0 saturated carbocycles. The van der Waals surface area contributed by atoms with E-state index >= 15 is 0 Å². The van der Waals surface area contributed by atoms with E-state index in [0.29, 0.717) is 5.69 Å². The summed E-state index contributed by atoms with van der Waals surface area (Å²) in [5.74, 6) is -1.74. The monoisotopic (exact) mass is 472 g/mol. The summed E-state index contributed by atoms with van der Waals surface area (Å²) in [7, 11) is 1.55. The number of hydrogen-bond donors (Lipinski definition) is 2. The molecule has 1 aliphatic rings. The number of alkyl carbamates (subject to hydrolysis) is 1. The minimum Gasteiger partial charge on any atom is -0.478 e. The fraction of sp³-hybridized carbons (Fsp3) is 0.250. The Balaban J connectivity index is 1.45. The number of carboxylic acids is 1. The van der Waals surface area contributed by atoms with Crippen molar-refractivity contribution >= 4 is 23.7 Å². The van der Waals surface area contributed by atoms with Crippen LogP contribution in [0.25, 0.3) is 11.1 Å². The van der Waals surface area contributed by atoms with Crippen molar-refractivity contribution in [3.63, 3.8) is 0 Å². The Hall–Kier alpha value is -4.13. The number of benzene rings is 3. The van der Waals surface area contributed by atoms with Gasteiger partial charge in [0.05, 0.1) is 5.56 Å². The van der Waals surface area contributed by atoms with Gasteiger partial charge in [0.25, 0.3) is 0 Å². The number of hydrogen-bond acceptors (Lipinski definition) is 4. The zero-order chi connectivity index (χ0) is 25.1.